The summed E-state index contributed by atoms with van der Waals surface area (Å²) in [7, 11) is 0. The summed E-state index contributed by atoms with van der Waals surface area (Å²) < 4.78 is 32.0. The van der Waals surface area contributed by atoms with Gasteiger partial charge in [0.15, 0.2) is 0 Å². The number of alkyl carbamates (subject to hydrolysis) is 1. The molecule has 0 radical (unpaired) electrons. The number of ether oxygens (including phenoxy) is 1. The normalized spacial score (nSPS) is 24.9. The lowest BCUT2D eigenvalue weighted by molar-refractivity contribution is 0.0398. The maximum absolute atomic E-state index is 13.4. The van der Waals surface area contributed by atoms with Crippen molar-refractivity contribution in [3.8, 4) is 0 Å². The lowest BCUT2D eigenvalue weighted by atomic mass is 10.0. The van der Waals surface area contributed by atoms with E-state index in [9.17, 15) is 18.7 Å². The molecular formula is C16H22F2N2O3. The summed E-state index contributed by atoms with van der Waals surface area (Å²) in [5.74, 6) is -1.85. The van der Waals surface area contributed by atoms with E-state index in [0.29, 0.717) is 12.0 Å². The Bertz CT molecular complexity index is 583. The van der Waals surface area contributed by atoms with Crippen LogP contribution < -0.4 is 11.1 Å². The Morgan fingerprint density at radius 3 is 2.48 bits per heavy atom. The molecule has 1 aromatic carbocycles. The number of nitrogens with one attached hydrogen (secondary N) is 1. The largest absolute Gasteiger partial charge is 0.444 e. The van der Waals surface area contributed by atoms with Crippen LogP contribution in [0.25, 0.3) is 0 Å². The van der Waals surface area contributed by atoms with Crippen molar-refractivity contribution in [2.45, 2.75) is 50.4 Å². The summed E-state index contributed by atoms with van der Waals surface area (Å²) in [5.41, 5.74) is 4.11. The smallest absolute Gasteiger partial charge is 0.408 e. The zero-order chi connectivity index (χ0) is 17.4. The van der Waals surface area contributed by atoms with E-state index in [1.165, 1.54) is 12.1 Å². The summed E-state index contributed by atoms with van der Waals surface area (Å²) in [6.45, 7) is 5.05. The number of hydrogen-bond donors (Lipinski definition) is 3. The fraction of sp³-hybridized carbons (Fsp3) is 0.562. The number of benzene rings is 1. The Hall–Kier alpha value is -1.73. The number of hydrogen-bond acceptors (Lipinski definition) is 4. The Morgan fingerprint density at radius 1 is 1.43 bits per heavy atom. The highest BCUT2D eigenvalue weighted by Gasteiger charge is 2.60. The highest BCUT2D eigenvalue weighted by Crippen LogP contribution is 2.53. The minimum atomic E-state index is -1.07. The molecule has 2 rings (SSSR count). The van der Waals surface area contributed by atoms with Crippen LogP contribution in [0.1, 0.15) is 38.7 Å². The fourth-order valence-corrected chi connectivity index (χ4v) is 2.76. The Labute approximate surface area is 133 Å². The monoisotopic (exact) mass is 328 g/mol. The summed E-state index contributed by atoms with van der Waals surface area (Å²) in [6, 6.07) is 3.15. The van der Waals surface area contributed by atoms with Gasteiger partial charge in [-0.25, -0.2) is 13.6 Å². The average Bonchev–Trinajstić information content (AvgIpc) is 3.09. The van der Waals surface area contributed by atoms with E-state index in [1.807, 2.05) is 0 Å². The summed E-state index contributed by atoms with van der Waals surface area (Å²) in [6.07, 6.45) is -1.43. The molecule has 1 amide bonds. The van der Waals surface area contributed by atoms with Gasteiger partial charge in [0.05, 0.1) is 11.6 Å². The minimum Gasteiger partial charge on any atom is -0.444 e. The van der Waals surface area contributed by atoms with Crippen LogP contribution in [0.15, 0.2) is 18.2 Å². The lowest BCUT2D eigenvalue weighted by Gasteiger charge is -2.27. The van der Waals surface area contributed by atoms with Gasteiger partial charge in [0.1, 0.15) is 17.2 Å². The number of aliphatic hydroxyl groups excluding tert-OH is 1. The third-order valence-electron chi connectivity index (χ3n) is 3.84. The molecule has 1 aromatic rings. The van der Waals surface area contributed by atoms with Crippen molar-refractivity contribution >= 4 is 6.09 Å². The zero-order valence-corrected chi connectivity index (χ0v) is 13.4. The molecule has 1 aliphatic rings. The third-order valence-corrected chi connectivity index (χ3v) is 3.84. The molecule has 1 fully saturated rings. The maximum Gasteiger partial charge on any atom is 0.408 e. The Balaban J connectivity index is 2.21. The third kappa shape index (κ3) is 3.97. The number of amides is 1. The number of aliphatic hydroxyl groups is 1. The van der Waals surface area contributed by atoms with Crippen molar-refractivity contribution in [1.29, 1.82) is 0 Å². The predicted molar refractivity (Wildman–Crippen MR) is 80.9 cm³/mol. The van der Waals surface area contributed by atoms with Gasteiger partial charge in [-0.05, 0) is 44.9 Å². The summed E-state index contributed by atoms with van der Waals surface area (Å²) >= 11 is 0. The van der Waals surface area contributed by atoms with Gasteiger partial charge in [0.2, 0.25) is 0 Å². The van der Waals surface area contributed by atoms with E-state index in [2.05, 4.69) is 5.32 Å². The first-order valence-electron chi connectivity index (χ1n) is 7.42. The SMILES string of the molecule is CC(C)(C)OC(=O)NC1(C(O)CN)CC1c1cc(F)cc(F)c1. The van der Waals surface area contributed by atoms with Crippen molar-refractivity contribution < 1.29 is 23.4 Å². The molecule has 5 nitrogen and oxygen atoms in total. The molecule has 1 saturated carbocycles. The average molecular weight is 328 g/mol. The Morgan fingerprint density at radius 2 is 2.00 bits per heavy atom. The van der Waals surface area contributed by atoms with Crippen LogP contribution in [0.2, 0.25) is 0 Å². The number of rotatable bonds is 4. The topological polar surface area (TPSA) is 84.6 Å². The first-order chi connectivity index (χ1) is 10.6. The van der Waals surface area contributed by atoms with Crippen LogP contribution in [0, 0.1) is 11.6 Å². The van der Waals surface area contributed by atoms with Crippen LogP contribution in [0.5, 0.6) is 0 Å². The van der Waals surface area contributed by atoms with E-state index >= 15 is 0 Å². The minimum absolute atomic E-state index is 0.0932. The molecule has 0 saturated heterocycles. The summed E-state index contributed by atoms with van der Waals surface area (Å²) in [4.78, 5) is 12.0. The second-order valence-corrected chi connectivity index (χ2v) is 6.88. The van der Waals surface area contributed by atoms with Gasteiger partial charge < -0.3 is 20.9 Å². The van der Waals surface area contributed by atoms with Crippen molar-refractivity contribution in [3.05, 3.63) is 35.4 Å². The summed E-state index contributed by atoms with van der Waals surface area (Å²) in [5, 5.41) is 12.8. The molecule has 0 heterocycles. The molecule has 7 heteroatoms. The molecule has 23 heavy (non-hydrogen) atoms. The first-order valence-corrected chi connectivity index (χ1v) is 7.42. The quantitative estimate of drug-likeness (QED) is 0.789. The molecule has 0 spiro atoms. The van der Waals surface area contributed by atoms with Gasteiger partial charge >= 0.3 is 6.09 Å². The molecule has 3 unspecified atom stereocenters. The molecular weight excluding hydrogens is 306 g/mol. The van der Waals surface area contributed by atoms with E-state index in [0.717, 1.165) is 6.07 Å². The number of nitrogens with two attached hydrogens (primary N) is 1. The van der Waals surface area contributed by atoms with Gasteiger partial charge in [-0.1, -0.05) is 0 Å². The lowest BCUT2D eigenvalue weighted by Crippen LogP contribution is -2.51. The van der Waals surface area contributed by atoms with Crippen molar-refractivity contribution in [2.24, 2.45) is 5.73 Å². The maximum atomic E-state index is 13.4. The van der Waals surface area contributed by atoms with Crippen molar-refractivity contribution in [3.63, 3.8) is 0 Å². The van der Waals surface area contributed by atoms with Crippen LogP contribution in [0.3, 0.4) is 0 Å². The second-order valence-electron chi connectivity index (χ2n) is 6.88. The molecule has 1 aliphatic carbocycles. The van der Waals surface area contributed by atoms with Gasteiger partial charge in [0, 0.05) is 18.5 Å². The first kappa shape index (κ1) is 17.6. The Kier molecular flexibility index (Phi) is 4.64. The highest BCUT2D eigenvalue weighted by molar-refractivity contribution is 5.70. The van der Waals surface area contributed by atoms with Gasteiger partial charge in [-0.15, -0.1) is 0 Å². The van der Waals surface area contributed by atoms with E-state index < -0.39 is 40.9 Å². The van der Waals surface area contributed by atoms with Crippen LogP contribution in [-0.2, 0) is 4.74 Å². The number of carbonyl (C=O) groups excluding carboxylic acids is 1. The van der Waals surface area contributed by atoms with E-state index in [-0.39, 0.29) is 6.54 Å². The van der Waals surface area contributed by atoms with Gasteiger partial charge in [-0.2, -0.15) is 0 Å². The van der Waals surface area contributed by atoms with E-state index in [1.54, 1.807) is 20.8 Å². The van der Waals surface area contributed by atoms with Crippen LogP contribution in [0.4, 0.5) is 13.6 Å². The number of carbonyl (C=O) groups is 1. The molecule has 0 aromatic heterocycles. The van der Waals surface area contributed by atoms with Crippen molar-refractivity contribution in [1.82, 2.24) is 5.32 Å². The van der Waals surface area contributed by atoms with Crippen molar-refractivity contribution in [2.75, 3.05) is 6.54 Å². The molecule has 3 atom stereocenters. The highest BCUT2D eigenvalue weighted by atomic mass is 19.1. The molecule has 0 bridgehead atoms. The van der Waals surface area contributed by atoms with Gasteiger partial charge in [0.25, 0.3) is 0 Å². The van der Waals surface area contributed by atoms with Crippen LogP contribution in [-0.4, -0.2) is 35.0 Å². The predicted octanol–water partition coefficient (Wildman–Crippen LogP) is 2.04. The fourth-order valence-electron chi connectivity index (χ4n) is 2.76. The zero-order valence-electron chi connectivity index (χ0n) is 13.4. The second kappa shape index (κ2) is 6.05. The molecule has 128 valence electrons. The molecule has 4 N–H and O–H groups in total. The van der Waals surface area contributed by atoms with Crippen LogP contribution >= 0.6 is 0 Å². The van der Waals surface area contributed by atoms with E-state index in [4.69, 9.17) is 10.5 Å². The standard InChI is InChI=1S/C16H22F2N2O3/c1-15(2,3)23-14(22)20-16(13(21)8-19)7-12(16)9-4-10(17)6-11(18)5-9/h4-6,12-13,21H,7-8,19H2,1-3H3,(H,20,22). The molecule has 0 aliphatic heterocycles. The van der Waals surface area contributed by atoms with Gasteiger partial charge in [-0.3, -0.25) is 0 Å². The number of halogens is 2.